The van der Waals surface area contributed by atoms with Crippen LogP contribution in [0.3, 0.4) is 0 Å². The summed E-state index contributed by atoms with van der Waals surface area (Å²) in [6.07, 6.45) is 3.09. The van der Waals surface area contributed by atoms with Crippen molar-refractivity contribution in [2.75, 3.05) is 6.54 Å². The van der Waals surface area contributed by atoms with Crippen LogP contribution in [-0.2, 0) is 4.79 Å². The van der Waals surface area contributed by atoms with Gasteiger partial charge in [0, 0.05) is 18.1 Å². The Morgan fingerprint density at radius 3 is 2.28 bits per heavy atom. The molecule has 1 aliphatic heterocycles. The predicted molar refractivity (Wildman–Crippen MR) is 76.5 cm³/mol. The third-order valence-corrected chi connectivity index (χ3v) is 3.47. The number of carbonyl (C=O) groups excluding carboxylic acids is 1. The van der Waals surface area contributed by atoms with E-state index in [1.807, 2.05) is 0 Å². The van der Waals surface area contributed by atoms with Crippen LogP contribution < -0.4 is 10.6 Å². The van der Waals surface area contributed by atoms with Crippen molar-refractivity contribution >= 4 is 5.91 Å². The first kappa shape index (κ1) is 15.5. The molecule has 0 aromatic carbocycles. The second-order valence-electron chi connectivity index (χ2n) is 7.69. The molecule has 0 aliphatic carbocycles. The molecular formula is C15H30N2O. The summed E-state index contributed by atoms with van der Waals surface area (Å²) in [5.41, 5.74) is 0.106. The third-order valence-electron chi connectivity index (χ3n) is 3.47. The van der Waals surface area contributed by atoms with Crippen LogP contribution in [0.4, 0.5) is 0 Å². The molecule has 3 heteroatoms. The van der Waals surface area contributed by atoms with E-state index in [1.54, 1.807) is 0 Å². The van der Waals surface area contributed by atoms with E-state index in [0.29, 0.717) is 6.04 Å². The van der Waals surface area contributed by atoms with Crippen LogP contribution in [0.25, 0.3) is 0 Å². The average molecular weight is 254 g/mol. The van der Waals surface area contributed by atoms with E-state index >= 15 is 0 Å². The average Bonchev–Trinajstić information content (AvgIpc) is 2.13. The number of piperidine rings is 1. The zero-order valence-corrected chi connectivity index (χ0v) is 12.9. The molecule has 1 aliphatic rings. The minimum absolute atomic E-state index is 0.127. The lowest BCUT2D eigenvalue weighted by atomic mass is 9.81. The molecule has 3 nitrogen and oxygen atoms in total. The van der Waals surface area contributed by atoms with E-state index in [2.05, 4.69) is 52.2 Å². The molecule has 1 saturated heterocycles. The Kier molecular flexibility index (Phi) is 4.82. The number of rotatable bonds is 3. The minimum Gasteiger partial charge on any atom is -0.351 e. The highest BCUT2D eigenvalue weighted by molar-refractivity contribution is 5.79. The lowest BCUT2D eigenvalue weighted by Gasteiger charge is -2.35. The van der Waals surface area contributed by atoms with Gasteiger partial charge in [0.25, 0.3) is 0 Å². The standard InChI is InChI=1S/C15H30N2O/c1-11-7-8-12(9-16-11)13(18)17-15(5,6)10-14(2,3)4/h11-12,16H,7-10H2,1-6H3,(H,17,18). The summed E-state index contributed by atoms with van der Waals surface area (Å²) < 4.78 is 0. The lowest BCUT2D eigenvalue weighted by molar-refractivity contribution is -0.127. The molecule has 0 aromatic rings. The van der Waals surface area contributed by atoms with Crippen LogP contribution in [0.1, 0.15) is 60.8 Å². The Hall–Kier alpha value is -0.570. The maximum atomic E-state index is 12.3. The predicted octanol–water partition coefficient (Wildman–Crippen LogP) is 2.71. The number of amides is 1. The molecule has 2 atom stereocenters. The molecule has 0 aromatic heterocycles. The summed E-state index contributed by atoms with van der Waals surface area (Å²) in [5, 5.41) is 6.60. The molecule has 1 rings (SSSR count). The Bertz CT molecular complexity index is 283. The van der Waals surface area contributed by atoms with Gasteiger partial charge in [-0.25, -0.2) is 0 Å². The van der Waals surface area contributed by atoms with Crippen LogP contribution in [0.5, 0.6) is 0 Å². The molecule has 1 fully saturated rings. The summed E-state index contributed by atoms with van der Waals surface area (Å²) in [4.78, 5) is 12.3. The fourth-order valence-corrected chi connectivity index (χ4v) is 3.03. The highest BCUT2D eigenvalue weighted by Crippen LogP contribution is 2.27. The number of nitrogens with one attached hydrogen (secondary N) is 2. The fraction of sp³-hybridized carbons (Fsp3) is 0.933. The first-order chi connectivity index (χ1) is 8.09. The van der Waals surface area contributed by atoms with E-state index in [1.165, 1.54) is 0 Å². The van der Waals surface area contributed by atoms with Crippen molar-refractivity contribution in [2.24, 2.45) is 11.3 Å². The molecule has 1 amide bonds. The molecule has 0 saturated carbocycles. The van der Waals surface area contributed by atoms with E-state index in [9.17, 15) is 4.79 Å². The van der Waals surface area contributed by atoms with Gasteiger partial charge >= 0.3 is 0 Å². The first-order valence-electron chi connectivity index (χ1n) is 7.14. The van der Waals surface area contributed by atoms with Crippen molar-refractivity contribution in [2.45, 2.75) is 72.4 Å². The molecule has 0 bridgehead atoms. The highest BCUT2D eigenvalue weighted by atomic mass is 16.2. The second-order valence-corrected chi connectivity index (χ2v) is 7.69. The summed E-state index contributed by atoms with van der Waals surface area (Å²) in [6.45, 7) is 13.9. The number of hydrogen-bond acceptors (Lipinski definition) is 2. The van der Waals surface area contributed by atoms with Gasteiger partial charge in [0.2, 0.25) is 5.91 Å². The van der Waals surface area contributed by atoms with Gasteiger partial charge in [-0.2, -0.15) is 0 Å². The zero-order chi connectivity index (χ0) is 14.0. The smallest absolute Gasteiger partial charge is 0.224 e. The van der Waals surface area contributed by atoms with Crippen LogP contribution in [0, 0.1) is 11.3 Å². The van der Waals surface area contributed by atoms with Crippen LogP contribution >= 0.6 is 0 Å². The first-order valence-corrected chi connectivity index (χ1v) is 7.14. The monoisotopic (exact) mass is 254 g/mol. The van der Waals surface area contributed by atoms with E-state index < -0.39 is 0 Å². The van der Waals surface area contributed by atoms with E-state index in [4.69, 9.17) is 0 Å². The SMILES string of the molecule is CC1CCC(C(=O)NC(C)(C)CC(C)(C)C)CN1. The van der Waals surface area contributed by atoms with Gasteiger partial charge < -0.3 is 10.6 Å². The summed E-state index contributed by atoms with van der Waals surface area (Å²) in [5.74, 6) is 0.351. The Labute approximate surface area is 112 Å². The van der Waals surface area contributed by atoms with Gasteiger partial charge in [-0.15, -0.1) is 0 Å². The summed E-state index contributed by atoms with van der Waals surface area (Å²) >= 11 is 0. The lowest BCUT2D eigenvalue weighted by Crippen LogP contribution is -2.51. The Morgan fingerprint density at radius 1 is 1.22 bits per heavy atom. The normalized spacial score (nSPS) is 25.9. The topological polar surface area (TPSA) is 41.1 Å². The fourth-order valence-electron chi connectivity index (χ4n) is 3.03. The summed E-state index contributed by atoms with van der Waals surface area (Å²) in [6, 6.07) is 0.552. The molecule has 0 radical (unpaired) electrons. The van der Waals surface area contributed by atoms with Crippen LogP contribution in [0.15, 0.2) is 0 Å². The van der Waals surface area contributed by atoms with Crippen molar-refractivity contribution < 1.29 is 4.79 Å². The molecule has 106 valence electrons. The molecule has 1 heterocycles. The molecule has 2 N–H and O–H groups in total. The number of hydrogen-bond donors (Lipinski definition) is 2. The van der Waals surface area contributed by atoms with Gasteiger partial charge in [0.15, 0.2) is 0 Å². The van der Waals surface area contributed by atoms with Gasteiger partial charge in [-0.1, -0.05) is 20.8 Å². The number of carbonyl (C=O) groups is 1. The van der Waals surface area contributed by atoms with Crippen molar-refractivity contribution in [1.29, 1.82) is 0 Å². The Morgan fingerprint density at radius 2 is 1.83 bits per heavy atom. The van der Waals surface area contributed by atoms with E-state index in [-0.39, 0.29) is 22.8 Å². The summed E-state index contributed by atoms with van der Waals surface area (Å²) in [7, 11) is 0. The van der Waals surface area contributed by atoms with Crippen molar-refractivity contribution in [3.8, 4) is 0 Å². The van der Waals surface area contributed by atoms with Gasteiger partial charge in [-0.3, -0.25) is 4.79 Å². The maximum absolute atomic E-state index is 12.3. The quantitative estimate of drug-likeness (QED) is 0.813. The van der Waals surface area contributed by atoms with Crippen molar-refractivity contribution in [1.82, 2.24) is 10.6 Å². The minimum atomic E-state index is -0.127. The maximum Gasteiger partial charge on any atom is 0.224 e. The highest BCUT2D eigenvalue weighted by Gasteiger charge is 2.31. The molecule has 2 unspecified atom stereocenters. The largest absolute Gasteiger partial charge is 0.351 e. The van der Waals surface area contributed by atoms with E-state index in [0.717, 1.165) is 25.8 Å². The molecule has 18 heavy (non-hydrogen) atoms. The second kappa shape index (κ2) is 5.60. The van der Waals surface area contributed by atoms with Gasteiger partial charge in [-0.05, 0) is 45.4 Å². The van der Waals surface area contributed by atoms with Crippen LogP contribution in [-0.4, -0.2) is 24.0 Å². The van der Waals surface area contributed by atoms with Gasteiger partial charge in [0.05, 0.1) is 5.92 Å². The van der Waals surface area contributed by atoms with Crippen LogP contribution in [0.2, 0.25) is 0 Å². The van der Waals surface area contributed by atoms with Crippen molar-refractivity contribution in [3.05, 3.63) is 0 Å². The zero-order valence-electron chi connectivity index (χ0n) is 12.9. The Balaban J connectivity index is 2.48. The van der Waals surface area contributed by atoms with Crippen molar-refractivity contribution in [3.63, 3.8) is 0 Å². The van der Waals surface area contributed by atoms with Gasteiger partial charge in [0.1, 0.15) is 0 Å². The third kappa shape index (κ3) is 5.38. The molecular weight excluding hydrogens is 224 g/mol. The molecule has 0 spiro atoms.